The Morgan fingerprint density at radius 2 is 1.89 bits per heavy atom. The number of nitrogens with two attached hydrogens (primary N) is 2. The SMILES string of the molecule is NCC(=O)N(C(N)=S)C(C(=O)O)c1ccccc1. The number of thiocarbonyl (C=S) groups is 1. The Morgan fingerprint density at radius 1 is 1.33 bits per heavy atom. The van der Waals surface area contributed by atoms with Crippen molar-refractivity contribution < 1.29 is 14.7 Å². The van der Waals surface area contributed by atoms with Gasteiger partial charge in [0.25, 0.3) is 0 Å². The van der Waals surface area contributed by atoms with Crippen LogP contribution < -0.4 is 11.5 Å². The van der Waals surface area contributed by atoms with Gasteiger partial charge < -0.3 is 16.6 Å². The molecule has 0 aliphatic rings. The second-order valence-electron chi connectivity index (χ2n) is 3.46. The van der Waals surface area contributed by atoms with Crippen molar-refractivity contribution in [2.24, 2.45) is 11.5 Å². The van der Waals surface area contributed by atoms with Gasteiger partial charge in [0.15, 0.2) is 11.2 Å². The van der Waals surface area contributed by atoms with E-state index >= 15 is 0 Å². The third kappa shape index (κ3) is 3.02. The number of hydrogen-bond acceptors (Lipinski definition) is 4. The zero-order valence-corrected chi connectivity index (χ0v) is 10.3. The van der Waals surface area contributed by atoms with E-state index in [9.17, 15) is 14.7 Å². The lowest BCUT2D eigenvalue weighted by Gasteiger charge is -2.27. The van der Waals surface area contributed by atoms with Crippen molar-refractivity contribution in [1.82, 2.24) is 4.90 Å². The van der Waals surface area contributed by atoms with Gasteiger partial charge in [-0.3, -0.25) is 9.69 Å². The highest BCUT2D eigenvalue weighted by Gasteiger charge is 2.32. The lowest BCUT2D eigenvalue weighted by atomic mass is 10.1. The van der Waals surface area contributed by atoms with Crippen LogP contribution in [0.4, 0.5) is 0 Å². The van der Waals surface area contributed by atoms with Gasteiger partial charge in [0.05, 0.1) is 6.54 Å². The van der Waals surface area contributed by atoms with E-state index in [0.717, 1.165) is 4.90 Å². The average Bonchev–Trinajstić information content (AvgIpc) is 2.35. The Balaban J connectivity index is 3.22. The molecule has 0 aliphatic heterocycles. The van der Waals surface area contributed by atoms with Crippen molar-refractivity contribution in [3.63, 3.8) is 0 Å². The summed E-state index contributed by atoms with van der Waals surface area (Å²) in [6.07, 6.45) is 0. The predicted octanol–water partition coefficient (Wildman–Crippen LogP) is -0.157. The molecule has 0 fully saturated rings. The summed E-state index contributed by atoms with van der Waals surface area (Å²) in [7, 11) is 0. The van der Waals surface area contributed by atoms with E-state index in [2.05, 4.69) is 0 Å². The summed E-state index contributed by atoms with van der Waals surface area (Å²) < 4.78 is 0. The summed E-state index contributed by atoms with van der Waals surface area (Å²) in [5.74, 6) is -1.87. The van der Waals surface area contributed by atoms with Gasteiger partial charge in [-0.2, -0.15) is 0 Å². The van der Waals surface area contributed by atoms with Crippen LogP contribution in [0.25, 0.3) is 0 Å². The summed E-state index contributed by atoms with van der Waals surface area (Å²) in [6.45, 7) is -0.367. The average molecular weight is 267 g/mol. The van der Waals surface area contributed by atoms with Crippen LogP contribution >= 0.6 is 12.2 Å². The maximum Gasteiger partial charge on any atom is 0.331 e. The van der Waals surface area contributed by atoms with E-state index in [0.29, 0.717) is 5.56 Å². The van der Waals surface area contributed by atoms with Gasteiger partial charge in [0.1, 0.15) is 0 Å². The smallest absolute Gasteiger partial charge is 0.331 e. The summed E-state index contributed by atoms with van der Waals surface area (Å²) in [5.41, 5.74) is 11.0. The molecule has 7 heteroatoms. The van der Waals surface area contributed by atoms with Crippen LogP contribution in [0, 0.1) is 0 Å². The van der Waals surface area contributed by atoms with Crippen LogP contribution in [0.5, 0.6) is 0 Å². The Labute approximate surface area is 109 Å². The van der Waals surface area contributed by atoms with Gasteiger partial charge in [0.2, 0.25) is 5.91 Å². The molecule has 96 valence electrons. The molecule has 0 radical (unpaired) electrons. The molecule has 0 aliphatic carbocycles. The van der Waals surface area contributed by atoms with Crippen LogP contribution in [0.15, 0.2) is 30.3 Å². The van der Waals surface area contributed by atoms with E-state index in [1.54, 1.807) is 30.3 Å². The van der Waals surface area contributed by atoms with Crippen LogP contribution in [0.1, 0.15) is 11.6 Å². The second-order valence-corrected chi connectivity index (χ2v) is 3.88. The van der Waals surface area contributed by atoms with Gasteiger partial charge in [-0.1, -0.05) is 30.3 Å². The first-order valence-corrected chi connectivity index (χ1v) is 5.49. The lowest BCUT2D eigenvalue weighted by molar-refractivity contribution is -0.146. The third-order valence-corrected chi connectivity index (χ3v) is 2.48. The molecule has 0 heterocycles. The maximum absolute atomic E-state index is 11.6. The number of carboxylic acids is 1. The minimum Gasteiger partial charge on any atom is -0.479 e. The largest absolute Gasteiger partial charge is 0.479 e. The fraction of sp³-hybridized carbons (Fsp3) is 0.182. The minimum atomic E-state index is -1.26. The number of carboxylic acid groups (broad SMARTS) is 1. The molecule has 0 saturated carbocycles. The highest BCUT2D eigenvalue weighted by atomic mass is 32.1. The Bertz CT molecular complexity index is 464. The summed E-state index contributed by atoms with van der Waals surface area (Å²) in [4.78, 5) is 23.8. The van der Waals surface area contributed by atoms with Crippen LogP contribution in [-0.4, -0.2) is 33.5 Å². The van der Waals surface area contributed by atoms with Crippen molar-refractivity contribution >= 4 is 29.2 Å². The van der Waals surface area contributed by atoms with Crippen LogP contribution in [0.2, 0.25) is 0 Å². The molecule has 5 N–H and O–H groups in total. The van der Waals surface area contributed by atoms with Crippen molar-refractivity contribution in [2.45, 2.75) is 6.04 Å². The van der Waals surface area contributed by atoms with Crippen LogP contribution in [-0.2, 0) is 9.59 Å². The minimum absolute atomic E-state index is 0.318. The van der Waals surface area contributed by atoms with Gasteiger partial charge >= 0.3 is 5.97 Å². The fourth-order valence-electron chi connectivity index (χ4n) is 1.53. The molecule has 0 saturated heterocycles. The molecule has 0 spiro atoms. The summed E-state index contributed by atoms with van der Waals surface area (Å²) >= 11 is 4.72. The van der Waals surface area contributed by atoms with E-state index in [4.69, 9.17) is 23.7 Å². The first kappa shape index (κ1) is 14.1. The quantitative estimate of drug-likeness (QED) is 0.654. The number of carbonyl (C=O) groups is 2. The topological polar surface area (TPSA) is 110 Å². The molecule has 0 bridgehead atoms. The van der Waals surface area contributed by atoms with Crippen molar-refractivity contribution in [3.05, 3.63) is 35.9 Å². The van der Waals surface area contributed by atoms with E-state index in [1.165, 1.54) is 0 Å². The molecular formula is C11H13N3O3S. The maximum atomic E-state index is 11.6. The highest BCUT2D eigenvalue weighted by molar-refractivity contribution is 7.80. The predicted molar refractivity (Wildman–Crippen MR) is 69.5 cm³/mol. The molecule has 1 aromatic carbocycles. The van der Waals surface area contributed by atoms with E-state index in [-0.39, 0.29) is 11.7 Å². The first-order valence-electron chi connectivity index (χ1n) is 5.08. The molecule has 0 aromatic heterocycles. The molecule has 1 unspecified atom stereocenters. The van der Waals surface area contributed by atoms with E-state index in [1.807, 2.05) is 0 Å². The molecule has 18 heavy (non-hydrogen) atoms. The molecule has 1 aromatic rings. The number of rotatable bonds is 4. The summed E-state index contributed by atoms with van der Waals surface area (Å²) in [5, 5.41) is 8.92. The molecule has 1 atom stereocenters. The monoisotopic (exact) mass is 267 g/mol. The Hall–Kier alpha value is -1.99. The Kier molecular flexibility index (Phi) is 4.75. The number of carbonyl (C=O) groups excluding carboxylic acids is 1. The van der Waals surface area contributed by atoms with Gasteiger partial charge in [0, 0.05) is 0 Å². The zero-order chi connectivity index (χ0) is 13.7. The first-order chi connectivity index (χ1) is 8.49. The molecule has 6 nitrogen and oxygen atoms in total. The standard InChI is InChI=1S/C11H13N3O3S/c12-6-8(15)14(11(13)18)9(10(16)17)7-4-2-1-3-5-7/h1-5,9H,6,12H2,(H2,13,18)(H,16,17). The fourth-order valence-corrected chi connectivity index (χ4v) is 1.74. The Morgan fingerprint density at radius 3 is 2.28 bits per heavy atom. The molecule has 1 rings (SSSR count). The number of nitrogens with zero attached hydrogens (tertiary/aromatic N) is 1. The zero-order valence-electron chi connectivity index (χ0n) is 9.45. The van der Waals surface area contributed by atoms with Crippen molar-refractivity contribution in [1.29, 1.82) is 0 Å². The normalized spacial score (nSPS) is 11.6. The van der Waals surface area contributed by atoms with Crippen molar-refractivity contribution in [2.75, 3.05) is 6.54 Å². The van der Waals surface area contributed by atoms with E-state index < -0.39 is 17.9 Å². The third-order valence-electron chi connectivity index (χ3n) is 2.29. The number of aliphatic carboxylic acids is 1. The van der Waals surface area contributed by atoms with Crippen LogP contribution in [0.3, 0.4) is 0 Å². The lowest BCUT2D eigenvalue weighted by Crippen LogP contribution is -2.48. The molecule has 1 amide bonds. The summed E-state index contributed by atoms with van der Waals surface area (Å²) in [6, 6.07) is 6.95. The number of amides is 1. The van der Waals surface area contributed by atoms with Crippen molar-refractivity contribution in [3.8, 4) is 0 Å². The number of hydrogen-bond donors (Lipinski definition) is 3. The van der Waals surface area contributed by atoms with Gasteiger partial charge in [-0.25, -0.2) is 4.79 Å². The second kappa shape index (κ2) is 6.08. The highest BCUT2D eigenvalue weighted by Crippen LogP contribution is 2.21. The van der Waals surface area contributed by atoms with Gasteiger partial charge in [-0.15, -0.1) is 0 Å². The molecular weight excluding hydrogens is 254 g/mol. The number of benzene rings is 1. The van der Waals surface area contributed by atoms with Gasteiger partial charge in [-0.05, 0) is 17.8 Å².